The maximum atomic E-state index is 13.0. The van der Waals surface area contributed by atoms with Gasteiger partial charge in [-0.25, -0.2) is 4.79 Å². The highest BCUT2D eigenvalue weighted by Gasteiger charge is 2.21. The molecule has 1 saturated heterocycles. The number of para-hydroxylation sites is 1. The van der Waals surface area contributed by atoms with Crippen molar-refractivity contribution < 1.29 is 14.3 Å². The number of unbranched alkanes of at least 4 members (excludes halogenated alkanes) is 4. The van der Waals surface area contributed by atoms with E-state index in [1.54, 1.807) is 7.11 Å². The lowest BCUT2D eigenvalue weighted by Crippen LogP contribution is -2.53. The lowest BCUT2D eigenvalue weighted by atomic mass is 10.1. The van der Waals surface area contributed by atoms with E-state index in [0.29, 0.717) is 26.1 Å². The summed E-state index contributed by atoms with van der Waals surface area (Å²) in [5.74, 6) is 1.06. The minimum atomic E-state index is 0.0171. The van der Waals surface area contributed by atoms with Crippen LogP contribution in [-0.4, -0.2) is 86.1 Å². The van der Waals surface area contributed by atoms with E-state index in [2.05, 4.69) is 23.2 Å². The molecule has 0 saturated carbocycles. The highest BCUT2D eigenvalue weighted by atomic mass is 16.5. The number of rotatable bonds is 14. The molecule has 1 aromatic rings. The van der Waals surface area contributed by atoms with Gasteiger partial charge in [0, 0.05) is 64.3 Å². The second-order valence-electron chi connectivity index (χ2n) is 8.81. The summed E-state index contributed by atoms with van der Waals surface area (Å²) in [5, 5.41) is 2.87. The Kier molecular flexibility index (Phi) is 13.2. The quantitative estimate of drug-likeness (QED) is 0.411. The summed E-state index contributed by atoms with van der Waals surface area (Å²) in [6.07, 6.45) is 10.4. The first-order chi connectivity index (χ1) is 16.6. The molecule has 7 nitrogen and oxygen atoms in total. The van der Waals surface area contributed by atoms with Crippen molar-refractivity contribution in [3.63, 3.8) is 0 Å². The van der Waals surface area contributed by atoms with Crippen LogP contribution in [0.4, 0.5) is 4.79 Å². The molecule has 0 radical (unpaired) electrons. The zero-order valence-corrected chi connectivity index (χ0v) is 21.4. The molecule has 34 heavy (non-hydrogen) atoms. The van der Waals surface area contributed by atoms with Crippen molar-refractivity contribution in [3.8, 4) is 5.75 Å². The SMILES string of the molecule is CCCCCCCC(=O)N(C/C=C/c1ccccc1OC)CCN1CCN(C(=O)NCC)CC1. The molecule has 1 aliphatic heterocycles. The Morgan fingerprint density at radius 1 is 1.06 bits per heavy atom. The third-order valence-electron chi connectivity index (χ3n) is 6.28. The lowest BCUT2D eigenvalue weighted by molar-refractivity contribution is -0.131. The molecule has 0 aromatic heterocycles. The van der Waals surface area contributed by atoms with Crippen LogP contribution in [0.1, 0.15) is 57.9 Å². The maximum Gasteiger partial charge on any atom is 0.317 e. The Hall–Kier alpha value is -2.54. The molecule has 3 amide bonds. The van der Waals surface area contributed by atoms with Gasteiger partial charge in [0.2, 0.25) is 5.91 Å². The number of carbonyl (C=O) groups excluding carboxylic acids is 2. The normalized spacial score (nSPS) is 14.4. The Labute approximate surface area is 206 Å². The van der Waals surface area contributed by atoms with E-state index in [1.165, 1.54) is 19.3 Å². The highest BCUT2D eigenvalue weighted by Crippen LogP contribution is 2.18. The summed E-state index contributed by atoms with van der Waals surface area (Å²) in [6.45, 7) is 10.0. The number of hydrogen-bond donors (Lipinski definition) is 1. The topological polar surface area (TPSA) is 65.1 Å². The van der Waals surface area contributed by atoms with Gasteiger partial charge in [0.05, 0.1) is 7.11 Å². The first-order valence-corrected chi connectivity index (χ1v) is 12.9. The first kappa shape index (κ1) is 27.7. The summed E-state index contributed by atoms with van der Waals surface area (Å²) in [5.41, 5.74) is 1.01. The van der Waals surface area contributed by atoms with Crippen LogP contribution in [-0.2, 0) is 4.79 Å². The van der Waals surface area contributed by atoms with Gasteiger partial charge in [0.25, 0.3) is 0 Å². The average Bonchev–Trinajstić information content (AvgIpc) is 2.86. The average molecular weight is 473 g/mol. The van der Waals surface area contributed by atoms with Gasteiger partial charge < -0.3 is 19.9 Å². The molecule has 0 unspecified atom stereocenters. The van der Waals surface area contributed by atoms with Gasteiger partial charge in [-0.05, 0) is 19.4 Å². The van der Waals surface area contributed by atoms with Crippen LogP contribution in [0.15, 0.2) is 30.3 Å². The second kappa shape index (κ2) is 16.1. The highest BCUT2D eigenvalue weighted by molar-refractivity contribution is 5.76. The molecular formula is C27H44N4O3. The number of hydrogen-bond acceptors (Lipinski definition) is 4. The van der Waals surface area contributed by atoms with E-state index >= 15 is 0 Å². The number of urea groups is 1. The minimum Gasteiger partial charge on any atom is -0.496 e. The molecule has 1 aromatic carbocycles. The molecule has 1 heterocycles. The van der Waals surface area contributed by atoms with Crippen LogP contribution in [0.25, 0.3) is 6.08 Å². The van der Waals surface area contributed by atoms with Gasteiger partial charge in [-0.3, -0.25) is 9.69 Å². The van der Waals surface area contributed by atoms with Gasteiger partial charge >= 0.3 is 6.03 Å². The number of nitrogens with zero attached hydrogens (tertiary/aromatic N) is 3. The molecule has 1 fully saturated rings. The third-order valence-corrected chi connectivity index (χ3v) is 6.28. The summed E-state index contributed by atoms with van der Waals surface area (Å²) in [4.78, 5) is 31.2. The molecule has 0 atom stereocenters. The van der Waals surface area contributed by atoms with Crippen LogP contribution in [0.5, 0.6) is 5.75 Å². The Balaban J connectivity index is 1.89. The van der Waals surface area contributed by atoms with E-state index in [-0.39, 0.29) is 11.9 Å². The van der Waals surface area contributed by atoms with E-state index in [4.69, 9.17) is 4.74 Å². The molecular weight excluding hydrogens is 428 g/mol. The fraction of sp³-hybridized carbons (Fsp3) is 0.630. The van der Waals surface area contributed by atoms with Crippen molar-refractivity contribution in [2.24, 2.45) is 0 Å². The van der Waals surface area contributed by atoms with Crippen molar-refractivity contribution >= 4 is 18.0 Å². The molecule has 0 spiro atoms. The zero-order chi connectivity index (χ0) is 24.6. The van der Waals surface area contributed by atoms with Crippen molar-refractivity contribution in [1.82, 2.24) is 20.0 Å². The van der Waals surface area contributed by atoms with Crippen LogP contribution in [0.3, 0.4) is 0 Å². The molecule has 0 bridgehead atoms. The van der Waals surface area contributed by atoms with Crippen molar-refractivity contribution in [1.29, 1.82) is 0 Å². The summed E-state index contributed by atoms with van der Waals surface area (Å²) in [6, 6.07) is 7.92. The standard InChI is InChI=1S/C27H44N4O3/c1-4-6-7-8-9-16-26(32)30(17-12-14-24-13-10-11-15-25(24)34-3)21-18-29-19-22-31(23-20-29)27(33)28-5-2/h10-15H,4-9,16-23H2,1-3H3,(H,28,33)/b14-12+. The van der Waals surface area contributed by atoms with Crippen LogP contribution >= 0.6 is 0 Å². The third kappa shape index (κ3) is 9.75. The summed E-state index contributed by atoms with van der Waals surface area (Å²) >= 11 is 0. The molecule has 1 N–H and O–H groups in total. The Morgan fingerprint density at radius 2 is 1.79 bits per heavy atom. The number of methoxy groups -OCH3 is 1. The van der Waals surface area contributed by atoms with E-state index < -0.39 is 0 Å². The number of amides is 3. The summed E-state index contributed by atoms with van der Waals surface area (Å²) in [7, 11) is 1.67. The summed E-state index contributed by atoms with van der Waals surface area (Å²) < 4.78 is 5.43. The van der Waals surface area contributed by atoms with Crippen molar-refractivity contribution in [2.75, 3.05) is 59.5 Å². The predicted molar refractivity (Wildman–Crippen MR) is 139 cm³/mol. The minimum absolute atomic E-state index is 0.0171. The van der Waals surface area contributed by atoms with Gasteiger partial charge in [-0.2, -0.15) is 0 Å². The van der Waals surface area contributed by atoms with Crippen LogP contribution in [0, 0.1) is 0 Å². The number of piperazine rings is 1. The van der Waals surface area contributed by atoms with Gasteiger partial charge in [-0.1, -0.05) is 63.0 Å². The van der Waals surface area contributed by atoms with Gasteiger partial charge in [0.1, 0.15) is 5.75 Å². The van der Waals surface area contributed by atoms with E-state index in [9.17, 15) is 9.59 Å². The van der Waals surface area contributed by atoms with Crippen LogP contribution in [0.2, 0.25) is 0 Å². The monoisotopic (exact) mass is 472 g/mol. The van der Waals surface area contributed by atoms with E-state index in [0.717, 1.165) is 56.9 Å². The van der Waals surface area contributed by atoms with E-state index in [1.807, 2.05) is 47.1 Å². The number of carbonyl (C=O) groups is 2. The Bertz CT molecular complexity index is 760. The van der Waals surface area contributed by atoms with Crippen molar-refractivity contribution in [3.05, 3.63) is 35.9 Å². The number of benzene rings is 1. The Morgan fingerprint density at radius 3 is 2.50 bits per heavy atom. The first-order valence-electron chi connectivity index (χ1n) is 12.9. The molecule has 0 aliphatic carbocycles. The second-order valence-corrected chi connectivity index (χ2v) is 8.81. The molecule has 2 rings (SSSR count). The largest absolute Gasteiger partial charge is 0.496 e. The maximum absolute atomic E-state index is 13.0. The molecule has 190 valence electrons. The van der Waals surface area contributed by atoms with Gasteiger partial charge in [0.15, 0.2) is 0 Å². The fourth-order valence-electron chi connectivity index (χ4n) is 4.17. The molecule has 7 heteroatoms. The zero-order valence-electron chi connectivity index (χ0n) is 21.4. The van der Waals surface area contributed by atoms with Crippen molar-refractivity contribution in [2.45, 2.75) is 52.4 Å². The van der Waals surface area contributed by atoms with Gasteiger partial charge in [-0.15, -0.1) is 0 Å². The predicted octanol–water partition coefficient (Wildman–Crippen LogP) is 4.24. The fourth-order valence-corrected chi connectivity index (χ4v) is 4.17. The number of ether oxygens (including phenoxy) is 1. The smallest absolute Gasteiger partial charge is 0.317 e. The van der Waals surface area contributed by atoms with Crippen LogP contribution < -0.4 is 10.1 Å². The number of nitrogens with one attached hydrogen (secondary N) is 1. The lowest BCUT2D eigenvalue weighted by Gasteiger charge is -2.35. The molecule has 1 aliphatic rings.